The Morgan fingerprint density at radius 1 is 1.04 bits per heavy atom. The van der Waals surface area contributed by atoms with E-state index in [1.807, 2.05) is 24.3 Å². The van der Waals surface area contributed by atoms with E-state index in [4.69, 9.17) is 14.2 Å². The SMILES string of the molecule is CCCCCCOc1ccccc1CNc1cccc(OC[C@H]2CCCO2)c1. The van der Waals surface area contributed by atoms with Gasteiger partial charge in [0.05, 0.1) is 12.7 Å². The summed E-state index contributed by atoms with van der Waals surface area (Å²) in [6.07, 6.45) is 7.32. The molecule has 2 aromatic carbocycles. The molecule has 1 aliphatic heterocycles. The van der Waals surface area contributed by atoms with Gasteiger partial charge in [0.2, 0.25) is 0 Å². The van der Waals surface area contributed by atoms with Crippen LogP contribution < -0.4 is 14.8 Å². The van der Waals surface area contributed by atoms with Crippen LogP contribution in [0.2, 0.25) is 0 Å². The molecule has 1 N–H and O–H groups in total. The van der Waals surface area contributed by atoms with E-state index in [1.54, 1.807) is 0 Å². The standard InChI is InChI=1S/C24H33NO3/c1-2-3-4-7-15-27-24-14-6-5-10-20(24)18-25-21-11-8-12-22(17-21)28-19-23-13-9-16-26-23/h5-6,8,10-12,14,17,23,25H,2-4,7,9,13,15-16,18-19H2,1H3/t23-/m1/s1. The molecule has 0 bridgehead atoms. The van der Waals surface area contributed by atoms with E-state index in [9.17, 15) is 0 Å². The summed E-state index contributed by atoms with van der Waals surface area (Å²) in [5, 5.41) is 3.49. The third-order valence-electron chi connectivity index (χ3n) is 5.00. The summed E-state index contributed by atoms with van der Waals surface area (Å²) in [4.78, 5) is 0. The molecule has 1 aliphatic rings. The molecule has 0 aliphatic carbocycles. The van der Waals surface area contributed by atoms with E-state index >= 15 is 0 Å². The molecule has 0 aromatic heterocycles. The fraction of sp³-hybridized carbons (Fsp3) is 0.500. The molecule has 152 valence electrons. The Morgan fingerprint density at radius 2 is 1.96 bits per heavy atom. The molecule has 0 unspecified atom stereocenters. The molecule has 1 atom stereocenters. The first-order chi connectivity index (χ1) is 13.8. The van der Waals surface area contributed by atoms with Crippen LogP contribution in [0.25, 0.3) is 0 Å². The quantitative estimate of drug-likeness (QED) is 0.469. The molecule has 0 saturated carbocycles. The first kappa shape index (κ1) is 20.5. The lowest BCUT2D eigenvalue weighted by Gasteiger charge is -2.14. The minimum absolute atomic E-state index is 0.234. The average molecular weight is 384 g/mol. The summed E-state index contributed by atoms with van der Waals surface area (Å²) in [5.74, 6) is 1.85. The highest BCUT2D eigenvalue weighted by molar-refractivity contribution is 5.49. The third-order valence-corrected chi connectivity index (χ3v) is 5.00. The average Bonchev–Trinajstić information content (AvgIpc) is 3.25. The maximum absolute atomic E-state index is 6.01. The minimum atomic E-state index is 0.234. The number of nitrogens with one attached hydrogen (secondary N) is 1. The molecule has 1 fully saturated rings. The zero-order valence-corrected chi connectivity index (χ0v) is 17.0. The van der Waals surface area contributed by atoms with E-state index < -0.39 is 0 Å². The lowest BCUT2D eigenvalue weighted by Crippen LogP contribution is -2.16. The van der Waals surface area contributed by atoms with Crippen molar-refractivity contribution >= 4 is 5.69 Å². The van der Waals surface area contributed by atoms with Crippen LogP contribution in [0.1, 0.15) is 51.0 Å². The zero-order chi connectivity index (χ0) is 19.4. The Balaban J connectivity index is 1.48. The van der Waals surface area contributed by atoms with Gasteiger partial charge in [0.1, 0.15) is 18.1 Å². The van der Waals surface area contributed by atoms with E-state index in [1.165, 1.54) is 24.8 Å². The number of para-hydroxylation sites is 1. The van der Waals surface area contributed by atoms with Crippen LogP contribution in [0.3, 0.4) is 0 Å². The second-order valence-corrected chi connectivity index (χ2v) is 7.34. The largest absolute Gasteiger partial charge is 0.493 e. The second kappa shape index (κ2) is 11.6. The van der Waals surface area contributed by atoms with Gasteiger partial charge in [0.15, 0.2) is 0 Å². The molecule has 2 aromatic rings. The van der Waals surface area contributed by atoms with Gasteiger partial charge in [-0.2, -0.15) is 0 Å². The molecule has 0 radical (unpaired) electrons. The smallest absolute Gasteiger partial charge is 0.124 e. The van der Waals surface area contributed by atoms with Crippen molar-refractivity contribution in [3.8, 4) is 11.5 Å². The van der Waals surface area contributed by atoms with Crippen molar-refractivity contribution in [1.29, 1.82) is 0 Å². The van der Waals surface area contributed by atoms with Crippen molar-refractivity contribution in [2.24, 2.45) is 0 Å². The molecule has 1 heterocycles. The van der Waals surface area contributed by atoms with Crippen molar-refractivity contribution < 1.29 is 14.2 Å². The fourth-order valence-electron chi connectivity index (χ4n) is 3.36. The van der Waals surface area contributed by atoms with Gasteiger partial charge in [-0.05, 0) is 37.5 Å². The Hall–Kier alpha value is -2.20. The number of rotatable bonds is 12. The summed E-state index contributed by atoms with van der Waals surface area (Å²) in [6.45, 7) is 5.21. The van der Waals surface area contributed by atoms with Crippen LogP contribution in [0, 0.1) is 0 Å². The fourth-order valence-corrected chi connectivity index (χ4v) is 3.36. The Morgan fingerprint density at radius 3 is 2.82 bits per heavy atom. The van der Waals surface area contributed by atoms with E-state index in [0.29, 0.717) is 6.61 Å². The topological polar surface area (TPSA) is 39.7 Å². The maximum Gasteiger partial charge on any atom is 0.124 e. The lowest BCUT2D eigenvalue weighted by molar-refractivity contribution is 0.0680. The molecular weight excluding hydrogens is 350 g/mol. The monoisotopic (exact) mass is 383 g/mol. The Labute approximate surface area is 169 Å². The predicted molar refractivity (Wildman–Crippen MR) is 114 cm³/mol. The van der Waals surface area contributed by atoms with E-state index in [0.717, 1.165) is 56.2 Å². The molecule has 1 saturated heterocycles. The summed E-state index contributed by atoms with van der Waals surface area (Å²) in [6, 6.07) is 16.4. The van der Waals surface area contributed by atoms with E-state index in [-0.39, 0.29) is 6.10 Å². The van der Waals surface area contributed by atoms with Gasteiger partial charge in [-0.1, -0.05) is 50.5 Å². The van der Waals surface area contributed by atoms with Gasteiger partial charge in [-0.3, -0.25) is 0 Å². The highest BCUT2D eigenvalue weighted by atomic mass is 16.5. The van der Waals surface area contributed by atoms with E-state index in [2.05, 4.69) is 36.5 Å². The third kappa shape index (κ3) is 6.75. The van der Waals surface area contributed by atoms with Crippen molar-refractivity contribution in [3.05, 3.63) is 54.1 Å². The number of hydrogen-bond donors (Lipinski definition) is 1. The van der Waals surface area contributed by atoms with Gasteiger partial charge < -0.3 is 19.5 Å². The number of hydrogen-bond acceptors (Lipinski definition) is 4. The van der Waals surface area contributed by atoms with Gasteiger partial charge in [0, 0.05) is 30.5 Å². The predicted octanol–water partition coefficient (Wildman–Crippen LogP) is 5.82. The van der Waals surface area contributed by atoms with Crippen LogP contribution >= 0.6 is 0 Å². The minimum Gasteiger partial charge on any atom is -0.493 e. The van der Waals surface area contributed by atoms with Gasteiger partial charge in [-0.15, -0.1) is 0 Å². The van der Waals surface area contributed by atoms with Crippen molar-refractivity contribution in [2.75, 3.05) is 25.1 Å². The van der Waals surface area contributed by atoms with Crippen LogP contribution in [0.4, 0.5) is 5.69 Å². The number of anilines is 1. The van der Waals surface area contributed by atoms with Crippen LogP contribution in [-0.4, -0.2) is 25.9 Å². The normalized spacial score (nSPS) is 16.1. The molecule has 28 heavy (non-hydrogen) atoms. The van der Waals surface area contributed by atoms with Crippen LogP contribution in [-0.2, 0) is 11.3 Å². The van der Waals surface area contributed by atoms with Crippen molar-refractivity contribution in [1.82, 2.24) is 0 Å². The molecular formula is C24H33NO3. The molecule has 4 heteroatoms. The molecule has 3 rings (SSSR count). The van der Waals surface area contributed by atoms with Gasteiger partial charge in [0.25, 0.3) is 0 Å². The highest BCUT2D eigenvalue weighted by Crippen LogP contribution is 2.23. The van der Waals surface area contributed by atoms with Crippen molar-refractivity contribution in [2.45, 2.75) is 58.1 Å². The Bertz CT molecular complexity index is 698. The first-order valence-electron chi connectivity index (χ1n) is 10.6. The highest BCUT2D eigenvalue weighted by Gasteiger charge is 2.16. The summed E-state index contributed by atoms with van der Waals surface area (Å²) in [7, 11) is 0. The van der Waals surface area contributed by atoms with Gasteiger partial charge in [-0.25, -0.2) is 0 Å². The van der Waals surface area contributed by atoms with Gasteiger partial charge >= 0.3 is 0 Å². The summed E-state index contributed by atoms with van der Waals surface area (Å²) >= 11 is 0. The second-order valence-electron chi connectivity index (χ2n) is 7.34. The summed E-state index contributed by atoms with van der Waals surface area (Å²) < 4.78 is 17.5. The molecule has 0 spiro atoms. The Kier molecular flexibility index (Phi) is 8.51. The van der Waals surface area contributed by atoms with Crippen LogP contribution in [0.15, 0.2) is 48.5 Å². The number of ether oxygens (including phenoxy) is 3. The first-order valence-corrected chi connectivity index (χ1v) is 10.6. The number of benzene rings is 2. The lowest BCUT2D eigenvalue weighted by atomic mass is 10.2. The maximum atomic E-state index is 6.01. The molecule has 4 nitrogen and oxygen atoms in total. The van der Waals surface area contributed by atoms with Crippen LogP contribution in [0.5, 0.6) is 11.5 Å². The number of unbranched alkanes of at least 4 members (excludes halogenated alkanes) is 3. The summed E-state index contributed by atoms with van der Waals surface area (Å²) in [5.41, 5.74) is 2.21. The van der Waals surface area contributed by atoms with Crippen molar-refractivity contribution in [3.63, 3.8) is 0 Å². The molecule has 0 amide bonds. The zero-order valence-electron chi connectivity index (χ0n) is 17.0.